The van der Waals surface area contributed by atoms with Crippen LogP contribution in [0.25, 0.3) is 0 Å². The molecule has 0 atom stereocenters. The monoisotopic (exact) mass is 126 g/mol. The topological polar surface area (TPSA) is 24.1 Å². The second-order valence-corrected chi connectivity index (χ2v) is 1.99. The normalized spacial score (nSPS) is 8.22. The Labute approximate surface area is 56.6 Å². The van der Waals surface area contributed by atoms with Crippen LogP contribution < -0.4 is 10.9 Å². The van der Waals surface area contributed by atoms with Crippen molar-refractivity contribution in [1.29, 1.82) is 0 Å². The summed E-state index contributed by atoms with van der Waals surface area (Å²) in [7, 11) is 0. The quantitative estimate of drug-likeness (QED) is 0.558. The Balaban J connectivity index is 3.28. The van der Waals surface area contributed by atoms with Crippen LogP contribution in [-0.2, 0) is 0 Å². The van der Waals surface area contributed by atoms with Crippen molar-refractivity contribution in [2.45, 2.75) is 20.3 Å². The number of hydrazine groups is 1. The molecule has 2 heteroatoms. The first-order valence-electron chi connectivity index (χ1n) is 3.02. The molecule has 0 spiro atoms. The van der Waals surface area contributed by atoms with Crippen molar-refractivity contribution in [3.8, 4) is 0 Å². The van der Waals surface area contributed by atoms with Gasteiger partial charge in [0.05, 0.1) is 0 Å². The molecule has 0 aliphatic heterocycles. The van der Waals surface area contributed by atoms with Gasteiger partial charge in [0.2, 0.25) is 0 Å². The van der Waals surface area contributed by atoms with Crippen LogP contribution in [0.2, 0.25) is 0 Å². The van der Waals surface area contributed by atoms with Crippen molar-refractivity contribution in [3.63, 3.8) is 0 Å². The van der Waals surface area contributed by atoms with Gasteiger partial charge in [-0.3, -0.25) is 0 Å². The van der Waals surface area contributed by atoms with E-state index in [1.807, 2.05) is 13.8 Å². The molecular formula is C7H14N2. The molecule has 0 radical (unpaired) electrons. The summed E-state index contributed by atoms with van der Waals surface area (Å²) < 4.78 is 0. The van der Waals surface area contributed by atoms with Gasteiger partial charge in [-0.1, -0.05) is 20.1 Å². The first-order chi connectivity index (χ1) is 4.16. The van der Waals surface area contributed by atoms with Crippen molar-refractivity contribution in [1.82, 2.24) is 10.9 Å². The van der Waals surface area contributed by atoms with Gasteiger partial charge >= 0.3 is 0 Å². The molecule has 0 fully saturated rings. The van der Waals surface area contributed by atoms with Crippen molar-refractivity contribution in [2.24, 2.45) is 0 Å². The average molecular weight is 126 g/mol. The van der Waals surface area contributed by atoms with E-state index in [1.165, 1.54) is 0 Å². The van der Waals surface area contributed by atoms with Crippen LogP contribution in [0.15, 0.2) is 24.6 Å². The number of allylic oxidation sites excluding steroid dienone is 2. The first-order valence-corrected chi connectivity index (χ1v) is 3.02. The Morgan fingerprint density at radius 3 is 2.22 bits per heavy atom. The van der Waals surface area contributed by atoms with Gasteiger partial charge in [0, 0.05) is 11.4 Å². The molecule has 0 amide bonds. The molecule has 0 bridgehead atoms. The minimum Gasteiger partial charge on any atom is -0.306 e. The van der Waals surface area contributed by atoms with Crippen LogP contribution in [0, 0.1) is 0 Å². The summed E-state index contributed by atoms with van der Waals surface area (Å²) in [5.41, 5.74) is 7.60. The van der Waals surface area contributed by atoms with E-state index in [-0.39, 0.29) is 0 Å². The maximum Gasteiger partial charge on any atom is 0.0239 e. The lowest BCUT2D eigenvalue weighted by molar-refractivity contribution is 0.673. The van der Waals surface area contributed by atoms with Gasteiger partial charge in [0.25, 0.3) is 0 Å². The van der Waals surface area contributed by atoms with E-state index in [0.717, 1.165) is 17.8 Å². The zero-order valence-corrected chi connectivity index (χ0v) is 6.12. The number of hydrogen-bond acceptors (Lipinski definition) is 2. The minimum atomic E-state index is 0.893. The predicted molar refractivity (Wildman–Crippen MR) is 40.5 cm³/mol. The molecular weight excluding hydrogens is 112 g/mol. The van der Waals surface area contributed by atoms with Gasteiger partial charge in [-0.15, -0.1) is 0 Å². The Bertz CT molecular complexity index is 116. The lowest BCUT2D eigenvalue weighted by Gasteiger charge is -2.08. The third kappa shape index (κ3) is 4.94. The van der Waals surface area contributed by atoms with Crippen LogP contribution in [0.5, 0.6) is 0 Å². The molecule has 0 saturated heterocycles. The molecule has 52 valence electrons. The van der Waals surface area contributed by atoms with Gasteiger partial charge in [-0.25, -0.2) is 0 Å². The fraction of sp³-hybridized carbons (Fsp3) is 0.429. The van der Waals surface area contributed by atoms with Crippen LogP contribution in [0.4, 0.5) is 0 Å². The molecule has 0 aromatic carbocycles. The van der Waals surface area contributed by atoms with Gasteiger partial charge in [0.15, 0.2) is 0 Å². The minimum absolute atomic E-state index is 0.893. The van der Waals surface area contributed by atoms with Gasteiger partial charge in [-0.2, -0.15) is 0 Å². The molecule has 2 nitrogen and oxygen atoms in total. The van der Waals surface area contributed by atoms with Crippen LogP contribution in [0.3, 0.4) is 0 Å². The largest absolute Gasteiger partial charge is 0.306 e. The molecule has 9 heavy (non-hydrogen) atoms. The van der Waals surface area contributed by atoms with Crippen LogP contribution >= 0.6 is 0 Å². The summed E-state index contributed by atoms with van der Waals surface area (Å²) in [5.74, 6) is 0. The summed E-state index contributed by atoms with van der Waals surface area (Å²) in [5, 5.41) is 0. The van der Waals surface area contributed by atoms with Crippen LogP contribution in [-0.4, -0.2) is 0 Å². The predicted octanol–water partition coefficient (Wildman–Crippen LogP) is 1.54. The summed E-state index contributed by atoms with van der Waals surface area (Å²) in [6.07, 6.45) is 0.931. The summed E-state index contributed by atoms with van der Waals surface area (Å²) in [4.78, 5) is 0. The second-order valence-electron chi connectivity index (χ2n) is 1.99. The van der Waals surface area contributed by atoms with Gasteiger partial charge in [-0.05, 0) is 13.3 Å². The van der Waals surface area contributed by atoms with E-state index >= 15 is 0 Å². The first kappa shape index (κ1) is 8.08. The summed E-state index contributed by atoms with van der Waals surface area (Å²) in [6, 6.07) is 0. The van der Waals surface area contributed by atoms with Crippen molar-refractivity contribution >= 4 is 0 Å². The lowest BCUT2D eigenvalue weighted by Crippen LogP contribution is -2.27. The number of nitrogens with one attached hydrogen (secondary N) is 2. The Morgan fingerprint density at radius 1 is 1.33 bits per heavy atom. The van der Waals surface area contributed by atoms with E-state index in [1.54, 1.807) is 0 Å². The molecule has 0 saturated carbocycles. The molecule has 0 heterocycles. The summed E-state index contributed by atoms with van der Waals surface area (Å²) in [6.45, 7) is 11.3. The molecule has 0 rings (SSSR count). The zero-order chi connectivity index (χ0) is 7.28. The Hall–Kier alpha value is -0.920. The second kappa shape index (κ2) is 4.01. The van der Waals surface area contributed by atoms with Gasteiger partial charge in [0.1, 0.15) is 0 Å². The highest BCUT2D eigenvalue weighted by Gasteiger charge is 1.84. The lowest BCUT2D eigenvalue weighted by atomic mass is 10.4. The van der Waals surface area contributed by atoms with Gasteiger partial charge < -0.3 is 10.9 Å². The SMILES string of the molecule is C=C(C)NNC(=C)CC. The standard InChI is InChI=1S/C7H14N2/c1-5-7(4)9-8-6(2)3/h8-9H,2,4-5H2,1,3H3. The molecule has 0 aromatic rings. The molecule has 0 aliphatic rings. The summed E-state index contributed by atoms with van der Waals surface area (Å²) >= 11 is 0. The molecule has 0 aromatic heterocycles. The smallest absolute Gasteiger partial charge is 0.0239 e. The Kier molecular flexibility index (Phi) is 3.60. The van der Waals surface area contributed by atoms with E-state index in [0.29, 0.717) is 0 Å². The Morgan fingerprint density at radius 2 is 1.89 bits per heavy atom. The van der Waals surface area contributed by atoms with E-state index in [2.05, 4.69) is 24.0 Å². The average Bonchev–Trinajstić information content (AvgIpc) is 1.83. The van der Waals surface area contributed by atoms with Crippen molar-refractivity contribution in [2.75, 3.05) is 0 Å². The van der Waals surface area contributed by atoms with Crippen molar-refractivity contribution < 1.29 is 0 Å². The zero-order valence-electron chi connectivity index (χ0n) is 6.12. The highest BCUT2D eigenvalue weighted by molar-refractivity contribution is 4.92. The third-order valence-electron chi connectivity index (χ3n) is 0.879. The fourth-order valence-electron chi connectivity index (χ4n) is 0.283. The molecule has 0 aliphatic carbocycles. The highest BCUT2D eigenvalue weighted by atomic mass is 15.4. The van der Waals surface area contributed by atoms with Crippen LogP contribution in [0.1, 0.15) is 20.3 Å². The molecule has 2 N–H and O–H groups in total. The van der Waals surface area contributed by atoms with E-state index < -0.39 is 0 Å². The fourth-order valence-corrected chi connectivity index (χ4v) is 0.283. The third-order valence-corrected chi connectivity index (χ3v) is 0.879. The van der Waals surface area contributed by atoms with E-state index in [9.17, 15) is 0 Å². The maximum absolute atomic E-state index is 3.73. The highest BCUT2D eigenvalue weighted by Crippen LogP contribution is 1.87. The van der Waals surface area contributed by atoms with E-state index in [4.69, 9.17) is 0 Å². The van der Waals surface area contributed by atoms with Crippen molar-refractivity contribution in [3.05, 3.63) is 24.6 Å². The number of rotatable bonds is 4. The molecule has 0 unspecified atom stereocenters. The maximum atomic E-state index is 3.73. The number of hydrogen-bond donors (Lipinski definition) is 2.